The van der Waals surface area contributed by atoms with Gasteiger partial charge < -0.3 is 21.1 Å². The summed E-state index contributed by atoms with van der Waals surface area (Å²) in [5, 5.41) is 6.28. The van der Waals surface area contributed by atoms with Gasteiger partial charge in [0.25, 0.3) is 5.91 Å². The Labute approximate surface area is 184 Å². The molecule has 0 spiro atoms. The predicted octanol–water partition coefficient (Wildman–Crippen LogP) is 3.06. The van der Waals surface area contributed by atoms with Crippen LogP contribution >= 0.6 is 0 Å². The number of methoxy groups -OCH3 is 1. The number of ether oxygens (including phenoxy) is 1. The van der Waals surface area contributed by atoms with Crippen LogP contribution < -0.4 is 21.1 Å². The number of carbonyl (C=O) groups excluding carboxylic acids is 1. The summed E-state index contributed by atoms with van der Waals surface area (Å²) in [6, 6.07) is 10.8. The van der Waals surface area contributed by atoms with Crippen molar-refractivity contribution in [1.29, 1.82) is 0 Å². The Morgan fingerprint density at radius 3 is 2.91 bits per heavy atom. The maximum atomic E-state index is 12.8. The maximum absolute atomic E-state index is 12.8. The molecule has 0 aliphatic carbocycles. The van der Waals surface area contributed by atoms with Gasteiger partial charge in [-0.25, -0.2) is 15.0 Å². The topological polar surface area (TPSA) is 119 Å². The summed E-state index contributed by atoms with van der Waals surface area (Å²) in [6.07, 6.45) is 7.29. The van der Waals surface area contributed by atoms with Crippen LogP contribution in [0.2, 0.25) is 0 Å². The Hall–Kier alpha value is -3.98. The fraction of sp³-hybridized carbons (Fsp3) is 0.217. The Morgan fingerprint density at radius 1 is 1.25 bits per heavy atom. The molecule has 1 aliphatic heterocycles. The monoisotopic (exact) mass is 429 g/mol. The van der Waals surface area contributed by atoms with E-state index in [1.54, 1.807) is 36.7 Å². The summed E-state index contributed by atoms with van der Waals surface area (Å²) in [7, 11) is 1.53. The normalized spacial score (nSPS) is 15.7. The van der Waals surface area contributed by atoms with Gasteiger partial charge in [0.2, 0.25) is 0 Å². The van der Waals surface area contributed by atoms with Crippen LogP contribution in [0, 0.1) is 0 Å². The van der Waals surface area contributed by atoms with E-state index in [2.05, 4.69) is 20.6 Å². The number of nitrogens with two attached hydrogens (primary N) is 1. The second kappa shape index (κ2) is 8.27. The summed E-state index contributed by atoms with van der Waals surface area (Å²) < 4.78 is 7.54. The van der Waals surface area contributed by atoms with E-state index in [0.717, 1.165) is 36.3 Å². The molecule has 4 N–H and O–H groups in total. The number of pyridine rings is 1. The first kappa shape index (κ1) is 20.0. The number of nitrogens with one attached hydrogen (secondary N) is 2. The lowest BCUT2D eigenvalue weighted by Crippen LogP contribution is -2.16. The molecule has 1 fully saturated rings. The van der Waals surface area contributed by atoms with Gasteiger partial charge in [0.15, 0.2) is 0 Å². The van der Waals surface area contributed by atoms with Crippen molar-refractivity contribution in [3.8, 4) is 17.0 Å². The molecule has 32 heavy (non-hydrogen) atoms. The first-order valence-electron chi connectivity index (χ1n) is 10.4. The molecule has 1 aromatic carbocycles. The molecular formula is C23H23N7O2. The molecule has 162 valence electrons. The van der Waals surface area contributed by atoms with E-state index in [1.807, 2.05) is 22.7 Å². The lowest BCUT2D eigenvalue weighted by atomic mass is 10.1. The molecule has 1 unspecified atom stereocenters. The van der Waals surface area contributed by atoms with Crippen LogP contribution in [0.25, 0.3) is 16.8 Å². The first-order chi connectivity index (χ1) is 15.7. The summed E-state index contributed by atoms with van der Waals surface area (Å²) in [5.74, 6) is 1.89. The molecular weight excluding hydrogens is 406 g/mol. The number of imidazole rings is 1. The molecule has 4 aromatic rings. The molecule has 0 saturated carbocycles. The Bertz CT molecular complexity index is 1280. The minimum Gasteiger partial charge on any atom is -0.496 e. The van der Waals surface area contributed by atoms with Crippen LogP contribution in [0.3, 0.4) is 0 Å². The quantitative estimate of drug-likeness (QED) is 0.446. The largest absolute Gasteiger partial charge is 0.496 e. The average Bonchev–Trinajstić information content (AvgIpc) is 3.48. The molecule has 9 nitrogen and oxygen atoms in total. The number of rotatable bonds is 5. The highest BCUT2D eigenvalue weighted by atomic mass is 16.5. The zero-order valence-corrected chi connectivity index (χ0v) is 17.6. The number of amides is 1. The van der Waals surface area contributed by atoms with Gasteiger partial charge in [-0.05, 0) is 43.7 Å². The van der Waals surface area contributed by atoms with Gasteiger partial charge in [-0.2, -0.15) is 0 Å². The number of aromatic nitrogens is 4. The number of carbonyl (C=O) groups is 1. The van der Waals surface area contributed by atoms with Gasteiger partial charge in [-0.15, -0.1) is 0 Å². The minimum atomic E-state index is -0.307. The van der Waals surface area contributed by atoms with E-state index >= 15 is 0 Å². The van der Waals surface area contributed by atoms with Crippen LogP contribution in [0.1, 0.15) is 35.1 Å². The van der Waals surface area contributed by atoms with Gasteiger partial charge in [-0.3, -0.25) is 9.20 Å². The van der Waals surface area contributed by atoms with Crippen molar-refractivity contribution in [2.75, 3.05) is 24.7 Å². The number of nitrogen functional groups attached to an aromatic ring is 1. The highest BCUT2D eigenvalue weighted by molar-refractivity contribution is 6.06. The molecule has 9 heteroatoms. The lowest BCUT2D eigenvalue weighted by Gasteiger charge is -2.10. The average molecular weight is 429 g/mol. The third kappa shape index (κ3) is 3.52. The van der Waals surface area contributed by atoms with Crippen molar-refractivity contribution < 1.29 is 9.53 Å². The third-order valence-corrected chi connectivity index (χ3v) is 5.61. The third-order valence-electron chi connectivity index (χ3n) is 5.61. The fourth-order valence-electron chi connectivity index (χ4n) is 4.09. The van der Waals surface area contributed by atoms with E-state index in [-0.39, 0.29) is 11.9 Å². The van der Waals surface area contributed by atoms with Crippen LogP contribution in [-0.4, -0.2) is 38.9 Å². The number of fused-ring (bicyclic) bond motifs is 1. The van der Waals surface area contributed by atoms with E-state index < -0.39 is 0 Å². The number of anilines is 2. The number of benzene rings is 1. The van der Waals surface area contributed by atoms with Gasteiger partial charge >= 0.3 is 0 Å². The highest BCUT2D eigenvalue weighted by Crippen LogP contribution is 2.34. The standard InChI is InChI=1S/C23H23N7O2/c1-32-17-13-14(7-8-15(17)23(31)28-18-6-2-3-9-26-18)19-20-21(24)27-11-12-30(20)22(29-19)16-5-4-10-25-16/h2-3,6-9,11-13,16,25H,4-5,10H2,1H3,(H2,24,27)(H,26,28,31). The van der Waals surface area contributed by atoms with Gasteiger partial charge in [0, 0.05) is 24.2 Å². The zero-order chi connectivity index (χ0) is 22.1. The van der Waals surface area contributed by atoms with Crippen LogP contribution in [-0.2, 0) is 0 Å². The van der Waals surface area contributed by atoms with Crippen molar-refractivity contribution in [1.82, 2.24) is 24.7 Å². The Balaban J connectivity index is 1.56. The van der Waals surface area contributed by atoms with Gasteiger partial charge in [0.05, 0.1) is 18.7 Å². The van der Waals surface area contributed by atoms with Crippen molar-refractivity contribution in [2.45, 2.75) is 18.9 Å². The number of hydrogen-bond donors (Lipinski definition) is 3. The van der Waals surface area contributed by atoms with Crippen molar-refractivity contribution in [3.63, 3.8) is 0 Å². The van der Waals surface area contributed by atoms with Crippen molar-refractivity contribution >= 4 is 23.1 Å². The van der Waals surface area contributed by atoms with Gasteiger partial charge in [-0.1, -0.05) is 12.1 Å². The molecule has 1 amide bonds. The minimum absolute atomic E-state index is 0.156. The molecule has 3 aromatic heterocycles. The summed E-state index contributed by atoms with van der Waals surface area (Å²) in [6.45, 7) is 0.962. The molecule has 5 rings (SSSR count). The Kier molecular flexibility index (Phi) is 5.16. The van der Waals surface area contributed by atoms with E-state index in [0.29, 0.717) is 28.6 Å². The van der Waals surface area contributed by atoms with Gasteiger partial charge in [0.1, 0.15) is 34.4 Å². The second-order valence-corrected chi connectivity index (χ2v) is 7.58. The van der Waals surface area contributed by atoms with Crippen molar-refractivity contribution in [3.05, 3.63) is 66.4 Å². The maximum Gasteiger partial charge on any atom is 0.260 e. The van der Waals surface area contributed by atoms with Crippen LogP contribution in [0.15, 0.2) is 55.0 Å². The first-order valence-corrected chi connectivity index (χ1v) is 10.4. The molecule has 0 radical (unpaired) electrons. The molecule has 4 heterocycles. The second-order valence-electron chi connectivity index (χ2n) is 7.58. The number of nitrogens with zero attached hydrogens (tertiary/aromatic N) is 4. The molecule has 1 atom stereocenters. The zero-order valence-electron chi connectivity index (χ0n) is 17.6. The smallest absolute Gasteiger partial charge is 0.260 e. The SMILES string of the molecule is COc1cc(-c2nc(C3CCCN3)n3ccnc(N)c23)ccc1C(=O)Nc1ccccn1. The highest BCUT2D eigenvalue weighted by Gasteiger charge is 2.25. The summed E-state index contributed by atoms with van der Waals surface area (Å²) in [5.41, 5.74) is 8.88. The van der Waals surface area contributed by atoms with E-state index in [4.69, 9.17) is 15.5 Å². The molecule has 1 aliphatic rings. The van der Waals surface area contributed by atoms with Crippen molar-refractivity contribution in [2.24, 2.45) is 0 Å². The molecule has 1 saturated heterocycles. The summed E-state index contributed by atoms with van der Waals surface area (Å²) in [4.78, 5) is 26.1. The lowest BCUT2D eigenvalue weighted by molar-refractivity contribution is 0.102. The summed E-state index contributed by atoms with van der Waals surface area (Å²) >= 11 is 0. The fourth-order valence-corrected chi connectivity index (χ4v) is 4.09. The Morgan fingerprint density at radius 2 is 2.16 bits per heavy atom. The van der Waals surface area contributed by atoms with Crippen LogP contribution in [0.5, 0.6) is 5.75 Å². The number of hydrogen-bond acceptors (Lipinski definition) is 7. The van der Waals surface area contributed by atoms with E-state index in [1.165, 1.54) is 7.11 Å². The van der Waals surface area contributed by atoms with Crippen LogP contribution in [0.4, 0.5) is 11.6 Å². The predicted molar refractivity (Wildman–Crippen MR) is 122 cm³/mol. The van der Waals surface area contributed by atoms with E-state index in [9.17, 15) is 4.79 Å². The molecule has 0 bridgehead atoms.